The van der Waals surface area contributed by atoms with E-state index in [1.165, 1.54) is 18.7 Å². The van der Waals surface area contributed by atoms with Crippen molar-refractivity contribution < 1.29 is 28.6 Å². The van der Waals surface area contributed by atoms with Gasteiger partial charge in [0.2, 0.25) is 0 Å². The number of amides is 4. The molecule has 1 unspecified atom stereocenters. The molecule has 0 spiro atoms. The third kappa shape index (κ3) is 6.13. The van der Waals surface area contributed by atoms with Crippen molar-refractivity contribution in [1.29, 1.82) is 0 Å². The minimum Gasteiger partial charge on any atom is -0.493 e. The van der Waals surface area contributed by atoms with Crippen molar-refractivity contribution >= 4 is 39.9 Å². The Morgan fingerprint density at radius 2 is 1.64 bits per heavy atom. The molecule has 4 amide bonds. The molecule has 3 rings (SSSR count). The number of ether oxygens (including phenoxy) is 3. The summed E-state index contributed by atoms with van der Waals surface area (Å²) in [6.45, 7) is 4.96. The van der Waals surface area contributed by atoms with E-state index in [9.17, 15) is 14.4 Å². The van der Waals surface area contributed by atoms with Crippen molar-refractivity contribution in [3.05, 3.63) is 57.6 Å². The van der Waals surface area contributed by atoms with Crippen LogP contribution < -0.4 is 24.8 Å². The Hall–Kier alpha value is -3.33. The summed E-state index contributed by atoms with van der Waals surface area (Å²) in [6, 6.07) is 10.5. The summed E-state index contributed by atoms with van der Waals surface area (Å²) in [7, 11) is 1.49. The van der Waals surface area contributed by atoms with Crippen LogP contribution in [0.3, 0.4) is 0 Å². The Bertz CT molecular complexity index is 1060. The molecule has 0 radical (unpaired) electrons. The van der Waals surface area contributed by atoms with Crippen molar-refractivity contribution in [2.45, 2.75) is 26.2 Å². The molecule has 9 heteroatoms. The Morgan fingerprint density at radius 3 is 2.24 bits per heavy atom. The summed E-state index contributed by atoms with van der Waals surface area (Å²) in [5, 5.41) is 4.07. The second kappa shape index (κ2) is 11.0. The topological polar surface area (TPSA) is 103 Å². The first-order valence-corrected chi connectivity index (χ1v) is 11.2. The van der Waals surface area contributed by atoms with E-state index in [4.69, 9.17) is 14.2 Å². The number of carbonyl (C=O) groups excluding carboxylic acids is 3. The highest BCUT2D eigenvalue weighted by molar-refractivity contribution is 9.10. The lowest BCUT2D eigenvalue weighted by Crippen LogP contribution is -2.51. The van der Waals surface area contributed by atoms with Gasteiger partial charge in [0, 0.05) is 0 Å². The van der Waals surface area contributed by atoms with Gasteiger partial charge in [-0.1, -0.05) is 26.0 Å². The molecule has 1 aliphatic heterocycles. The zero-order valence-electron chi connectivity index (χ0n) is 18.6. The minimum atomic E-state index is -0.849. The number of nitrogens with one attached hydrogen (secondary N) is 2. The predicted molar refractivity (Wildman–Crippen MR) is 126 cm³/mol. The summed E-state index contributed by atoms with van der Waals surface area (Å²) in [5.74, 6) is 0.600. The molecule has 2 aromatic rings. The Labute approximate surface area is 200 Å². The summed E-state index contributed by atoms with van der Waals surface area (Å²) in [4.78, 5) is 35.1. The Morgan fingerprint density at radius 1 is 1.00 bits per heavy atom. The van der Waals surface area contributed by atoms with E-state index >= 15 is 0 Å². The standard InChI is InChI=1S/C24H25BrN2O6/c1-4-14(2)16-5-7-17(8-6-16)32-9-10-33-21-19(25)12-15(13-20(21)31-3)11-18-22(28)26-24(30)27-23(18)29/h5-8,11-14H,4,9-10H2,1-3H3,(H2,26,27,28,29,30). The molecule has 0 saturated carbocycles. The first-order valence-electron chi connectivity index (χ1n) is 10.4. The summed E-state index contributed by atoms with van der Waals surface area (Å²) >= 11 is 3.44. The predicted octanol–water partition coefficient (Wildman–Crippen LogP) is 4.18. The van der Waals surface area contributed by atoms with Gasteiger partial charge in [-0.05, 0) is 69.7 Å². The van der Waals surface area contributed by atoms with Crippen LogP contribution >= 0.6 is 15.9 Å². The van der Waals surface area contributed by atoms with Crippen LogP contribution in [-0.4, -0.2) is 38.2 Å². The number of urea groups is 1. The highest BCUT2D eigenvalue weighted by Crippen LogP contribution is 2.37. The van der Waals surface area contributed by atoms with Crippen LogP contribution in [0.15, 0.2) is 46.4 Å². The summed E-state index contributed by atoms with van der Waals surface area (Å²) in [5.41, 5.74) is 1.60. The van der Waals surface area contributed by atoms with E-state index in [1.807, 2.05) is 22.8 Å². The second-order valence-corrected chi connectivity index (χ2v) is 8.26. The number of rotatable bonds is 9. The molecule has 0 bridgehead atoms. The Balaban J connectivity index is 1.64. The third-order valence-corrected chi connectivity index (χ3v) is 5.76. The molecule has 1 aliphatic rings. The summed E-state index contributed by atoms with van der Waals surface area (Å²) in [6.07, 6.45) is 2.45. The van der Waals surface area contributed by atoms with Crippen LogP contribution in [-0.2, 0) is 9.59 Å². The molecule has 1 fully saturated rings. The van der Waals surface area contributed by atoms with Gasteiger partial charge < -0.3 is 14.2 Å². The number of hydrogen-bond acceptors (Lipinski definition) is 6. The number of imide groups is 2. The van der Waals surface area contributed by atoms with Crippen molar-refractivity contribution in [3.63, 3.8) is 0 Å². The van der Waals surface area contributed by atoms with Crippen LogP contribution in [0.2, 0.25) is 0 Å². The van der Waals surface area contributed by atoms with Crippen LogP contribution in [0.1, 0.15) is 37.3 Å². The molecule has 2 aromatic carbocycles. The molecule has 1 atom stereocenters. The van der Waals surface area contributed by atoms with Gasteiger partial charge >= 0.3 is 6.03 Å². The fraction of sp³-hybridized carbons (Fsp3) is 0.292. The van der Waals surface area contributed by atoms with Gasteiger partial charge in [0.25, 0.3) is 11.8 Å². The lowest BCUT2D eigenvalue weighted by atomic mass is 9.99. The molecule has 0 aromatic heterocycles. The number of hydrogen-bond donors (Lipinski definition) is 2. The summed E-state index contributed by atoms with van der Waals surface area (Å²) < 4.78 is 17.6. The average molecular weight is 517 g/mol. The van der Waals surface area contributed by atoms with E-state index in [0.717, 1.165) is 12.2 Å². The first kappa shape index (κ1) is 24.3. The fourth-order valence-electron chi connectivity index (χ4n) is 3.17. The SMILES string of the molecule is CCC(C)c1ccc(OCCOc2c(Br)cc(C=C3C(=O)NC(=O)NC3=O)cc2OC)cc1. The van der Waals surface area contributed by atoms with Crippen LogP contribution in [0.5, 0.6) is 17.2 Å². The molecule has 33 heavy (non-hydrogen) atoms. The van der Waals surface area contributed by atoms with Gasteiger partial charge in [0.05, 0.1) is 11.6 Å². The molecule has 1 saturated heterocycles. The van der Waals surface area contributed by atoms with E-state index in [1.54, 1.807) is 12.1 Å². The second-order valence-electron chi connectivity index (χ2n) is 7.40. The molecule has 174 valence electrons. The van der Waals surface area contributed by atoms with Crippen LogP contribution in [0, 0.1) is 0 Å². The molecule has 0 aliphatic carbocycles. The zero-order chi connectivity index (χ0) is 24.0. The quantitative estimate of drug-likeness (QED) is 0.294. The maximum Gasteiger partial charge on any atom is 0.328 e. The van der Waals surface area contributed by atoms with Gasteiger partial charge in [-0.15, -0.1) is 0 Å². The zero-order valence-corrected chi connectivity index (χ0v) is 20.2. The van der Waals surface area contributed by atoms with E-state index in [-0.39, 0.29) is 12.2 Å². The molecule has 8 nitrogen and oxygen atoms in total. The van der Waals surface area contributed by atoms with Gasteiger partial charge in [0.15, 0.2) is 11.5 Å². The highest BCUT2D eigenvalue weighted by Gasteiger charge is 2.27. The molecular formula is C24H25BrN2O6. The van der Waals surface area contributed by atoms with Gasteiger partial charge in [-0.25, -0.2) is 4.79 Å². The monoisotopic (exact) mass is 516 g/mol. The maximum atomic E-state index is 11.9. The average Bonchev–Trinajstić information content (AvgIpc) is 2.79. The number of methoxy groups -OCH3 is 1. The van der Waals surface area contributed by atoms with Crippen LogP contribution in [0.25, 0.3) is 6.08 Å². The van der Waals surface area contributed by atoms with E-state index in [0.29, 0.717) is 34.1 Å². The van der Waals surface area contributed by atoms with E-state index < -0.39 is 17.8 Å². The molecular weight excluding hydrogens is 492 g/mol. The van der Waals surface area contributed by atoms with Crippen molar-refractivity contribution in [2.24, 2.45) is 0 Å². The normalized spacial score (nSPS) is 14.3. The maximum absolute atomic E-state index is 11.9. The fourth-order valence-corrected chi connectivity index (χ4v) is 3.74. The lowest BCUT2D eigenvalue weighted by molar-refractivity contribution is -0.123. The first-order chi connectivity index (χ1) is 15.8. The minimum absolute atomic E-state index is 0.190. The van der Waals surface area contributed by atoms with Gasteiger partial charge in [0.1, 0.15) is 24.5 Å². The van der Waals surface area contributed by atoms with E-state index in [2.05, 4.69) is 41.9 Å². The van der Waals surface area contributed by atoms with Crippen LogP contribution in [0.4, 0.5) is 4.79 Å². The number of carbonyl (C=O) groups is 3. The largest absolute Gasteiger partial charge is 0.493 e. The number of barbiturate groups is 1. The van der Waals surface area contributed by atoms with Gasteiger partial charge in [-0.2, -0.15) is 0 Å². The van der Waals surface area contributed by atoms with Gasteiger partial charge in [-0.3, -0.25) is 20.2 Å². The number of benzene rings is 2. The highest BCUT2D eigenvalue weighted by atomic mass is 79.9. The molecule has 2 N–H and O–H groups in total. The smallest absolute Gasteiger partial charge is 0.328 e. The number of halogens is 1. The lowest BCUT2D eigenvalue weighted by Gasteiger charge is -2.16. The third-order valence-electron chi connectivity index (χ3n) is 5.17. The Kier molecular flexibility index (Phi) is 8.11. The molecule has 1 heterocycles. The van der Waals surface area contributed by atoms with Crippen molar-refractivity contribution in [3.8, 4) is 17.2 Å². The van der Waals surface area contributed by atoms with Crippen molar-refractivity contribution in [2.75, 3.05) is 20.3 Å². The van der Waals surface area contributed by atoms with Crippen molar-refractivity contribution in [1.82, 2.24) is 10.6 Å².